The second-order valence-electron chi connectivity index (χ2n) is 6.23. The van der Waals surface area contributed by atoms with Crippen molar-refractivity contribution in [1.29, 1.82) is 0 Å². The van der Waals surface area contributed by atoms with E-state index in [2.05, 4.69) is 14.8 Å². The van der Waals surface area contributed by atoms with Crippen LogP contribution in [0.15, 0.2) is 47.6 Å². The molecular weight excluding hydrogens is 372 g/mol. The highest BCUT2D eigenvalue weighted by molar-refractivity contribution is 7.92. The van der Waals surface area contributed by atoms with E-state index in [1.54, 1.807) is 30.7 Å². The van der Waals surface area contributed by atoms with E-state index in [1.807, 2.05) is 31.2 Å². The molecular formula is C18H19ClN4O2S. The number of aromatic nitrogens is 3. The molecule has 0 atom stereocenters. The van der Waals surface area contributed by atoms with Gasteiger partial charge in [-0.05, 0) is 49.6 Å². The van der Waals surface area contributed by atoms with Crippen LogP contribution in [-0.4, -0.2) is 23.2 Å². The minimum Gasteiger partial charge on any atom is -0.246 e. The van der Waals surface area contributed by atoms with Gasteiger partial charge in [0, 0.05) is 5.02 Å². The van der Waals surface area contributed by atoms with E-state index in [4.69, 9.17) is 11.6 Å². The second kappa shape index (κ2) is 7.09. The molecule has 136 valence electrons. The van der Waals surface area contributed by atoms with Gasteiger partial charge in [0.2, 0.25) is 0 Å². The number of halogens is 1. The summed E-state index contributed by atoms with van der Waals surface area (Å²) < 4.78 is 29.5. The van der Waals surface area contributed by atoms with Gasteiger partial charge < -0.3 is 0 Å². The van der Waals surface area contributed by atoms with Crippen LogP contribution < -0.4 is 4.72 Å². The van der Waals surface area contributed by atoms with Crippen molar-refractivity contribution in [1.82, 2.24) is 14.8 Å². The lowest BCUT2D eigenvalue weighted by molar-refractivity contribution is 0.599. The molecule has 0 aliphatic rings. The van der Waals surface area contributed by atoms with E-state index in [1.165, 1.54) is 6.33 Å². The fourth-order valence-corrected chi connectivity index (χ4v) is 4.48. The van der Waals surface area contributed by atoms with Crippen molar-refractivity contribution in [3.63, 3.8) is 0 Å². The normalized spacial score (nSPS) is 11.5. The molecule has 0 unspecified atom stereocenters. The number of hydrogen-bond acceptors (Lipinski definition) is 4. The molecule has 1 N–H and O–H groups in total. The third kappa shape index (κ3) is 4.05. The third-order valence-corrected chi connectivity index (χ3v) is 5.78. The van der Waals surface area contributed by atoms with Crippen LogP contribution in [0.4, 0.5) is 5.95 Å². The van der Waals surface area contributed by atoms with E-state index in [9.17, 15) is 8.42 Å². The molecule has 0 bridgehead atoms. The molecule has 1 heterocycles. The van der Waals surface area contributed by atoms with Crippen LogP contribution in [0.5, 0.6) is 0 Å². The Morgan fingerprint density at radius 3 is 2.31 bits per heavy atom. The Hall–Kier alpha value is -2.38. The summed E-state index contributed by atoms with van der Waals surface area (Å²) in [6, 6.07) is 11.0. The van der Waals surface area contributed by atoms with Gasteiger partial charge in [-0.3, -0.25) is 0 Å². The molecule has 26 heavy (non-hydrogen) atoms. The zero-order valence-corrected chi connectivity index (χ0v) is 16.3. The van der Waals surface area contributed by atoms with Crippen LogP contribution in [-0.2, 0) is 16.6 Å². The van der Waals surface area contributed by atoms with E-state index in [-0.39, 0.29) is 10.8 Å². The van der Waals surface area contributed by atoms with Crippen molar-refractivity contribution in [3.05, 3.63) is 70.0 Å². The van der Waals surface area contributed by atoms with Crippen LogP contribution in [0.25, 0.3) is 0 Å². The van der Waals surface area contributed by atoms with Gasteiger partial charge in [-0.1, -0.05) is 41.4 Å². The maximum Gasteiger partial charge on any atom is 0.264 e. The monoisotopic (exact) mass is 390 g/mol. The number of benzene rings is 2. The van der Waals surface area contributed by atoms with E-state index < -0.39 is 10.0 Å². The zero-order chi connectivity index (χ0) is 18.9. The minimum atomic E-state index is -3.76. The Morgan fingerprint density at radius 2 is 1.69 bits per heavy atom. The third-order valence-electron chi connectivity index (χ3n) is 3.89. The van der Waals surface area contributed by atoms with Crippen molar-refractivity contribution < 1.29 is 8.42 Å². The van der Waals surface area contributed by atoms with Crippen LogP contribution in [0.2, 0.25) is 5.02 Å². The number of aryl methyl sites for hydroxylation is 3. The van der Waals surface area contributed by atoms with Gasteiger partial charge in [-0.25, -0.2) is 17.8 Å². The van der Waals surface area contributed by atoms with Crippen molar-refractivity contribution >= 4 is 27.6 Å². The summed E-state index contributed by atoms with van der Waals surface area (Å²) in [6.07, 6.45) is 1.49. The van der Waals surface area contributed by atoms with Gasteiger partial charge in [0.1, 0.15) is 6.33 Å². The maximum atomic E-state index is 12.7. The van der Waals surface area contributed by atoms with E-state index in [0.29, 0.717) is 22.7 Å². The van der Waals surface area contributed by atoms with Gasteiger partial charge in [0.15, 0.2) is 0 Å². The van der Waals surface area contributed by atoms with Crippen LogP contribution in [0.1, 0.15) is 22.3 Å². The Morgan fingerprint density at radius 1 is 1.08 bits per heavy atom. The van der Waals surface area contributed by atoms with Crippen molar-refractivity contribution in [2.75, 3.05) is 4.72 Å². The summed E-state index contributed by atoms with van der Waals surface area (Å²) in [4.78, 5) is 4.31. The Kier molecular flexibility index (Phi) is 5.02. The summed E-state index contributed by atoms with van der Waals surface area (Å²) in [5, 5.41) is 4.85. The molecule has 6 nitrogen and oxygen atoms in total. The molecule has 0 spiro atoms. The molecule has 0 radical (unpaired) electrons. The first-order valence-corrected chi connectivity index (χ1v) is 9.85. The average Bonchev–Trinajstić information content (AvgIpc) is 2.94. The molecule has 0 fully saturated rings. The zero-order valence-electron chi connectivity index (χ0n) is 14.7. The van der Waals surface area contributed by atoms with Crippen LogP contribution in [0.3, 0.4) is 0 Å². The maximum absolute atomic E-state index is 12.7. The predicted octanol–water partition coefficient (Wildman–Crippen LogP) is 3.71. The summed E-state index contributed by atoms with van der Waals surface area (Å²) in [5.74, 6) is 0.0401. The fraction of sp³-hybridized carbons (Fsp3) is 0.222. The molecule has 0 aliphatic heterocycles. The van der Waals surface area contributed by atoms with E-state index >= 15 is 0 Å². The van der Waals surface area contributed by atoms with Gasteiger partial charge in [-0.2, -0.15) is 4.98 Å². The van der Waals surface area contributed by atoms with Gasteiger partial charge >= 0.3 is 0 Å². The largest absolute Gasteiger partial charge is 0.264 e. The van der Waals surface area contributed by atoms with Crippen molar-refractivity contribution in [3.8, 4) is 0 Å². The lowest BCUT2D eigenvalue weighted by atomic mass is 10.1. The van der Waals surface area contributed by atoms with Gasteiger partial charge in [0.05, 0.1) is 11.4 Å². The summed E-state index contributed by atoms with van der Waals surface area (Å²) in [7, 11) is -3.76. The second-order valence-corrected chi connectivity index (χ2v) is 8.28. The summed E-state index contributed by atoms with van der Waals surface area (Å²) in [6.45, 7) is 5.96. The molecule has 0 aliphatic carbocycles. The average molecular weight is 391 g/mol. The standard InChI is InChI=1S/C18H19ClN4O2S/c1-12-8-13(2)17(14(3)9-12)26(24,25)22-18-20-11-23(21-18)10-15-4-6-16(19)7-5-15/h4-9,11H,10H2,1-3H3,(H,21,22). The van der Waals surface area contributed by atoms with Gasteiger partial charge in [0.25, 0.3) is 16.0 Å². The summed E-state index contributed by atoms with van der Waals surface area (Å²) in [5.41, 5.74) is 3.38. The molecule has 3 rings (SSSR count). The number of anilines is 1. The molecule has 8 heteroatoms. The lowest BCUT2D eigenvalue weighted by Crippen LogP contribution is -2.17. The van der Waals surface area contributed by atoms with E-state index in [0.717, 1.165) is 11.1 Å². The van der Waals surface area contributed by atoms with Crippen molar-refractivity contribution in [2.45, 2.75) is 32.2 Å². The molecule has 0 saturated carbocycles. The Labute approximate surface area is 157 Å². The fourth-order valence-electron chi connectivity index (χ4n) is 2.96. The van der Waals surface area contributed by atoms with Gasteiger partial charge in [-0.15, -0.1) is 5.10 Å². The first-order valence-electron chi connectivity index (χ1n) is 7.99. The number of sulfonamides is 1. The number of rotatable bonds is 5. The number of nitrogens with one attached hydrogen (secondary N) is 1. The van der Waals surface area contributed by atoms with Crippen LogP contribution >= 0.6 is 11.6 Å². The highest BCUT2D eigenvalue weighted by atomic mass is 35.5. The Bertz CT molecular complexity index is 1020. The topological polar surface area (TPSA) is 76.9 Å². The molecule has 2 aromatic carbocycles. The molecule has 0 amide bonds. The minimum absolute atomic E-state index is 0.0401. The first kappa shape index (κ1) is 18.4. The Balaban J connectivity index is 1.81. The predicted molar refractivity (Wildman–Crippen MR) is 102 cm³/mol. The molecule has 1 aromatic heterocycles. The van der Waals surface area contributed by atoms with Crippen LogP contribution in [0, 0.1) is 20.8 Å². The number of nitrogens with zero attached hydrogens (tertiary/aromatic N) is 3. The molecule has 3 aromatic rings. The highest BCUT2D eigenvalue weighted by Crippen LogP contribution is 2.23. The van der Waals surface area contributed by atoms with Crippen molar-refractivity contribution in [2.24, 2.45) is 0 Å². The lowest BCUT2D eigenvalue weighted by Gasteiger charge is -2.12. The SMILES string of the molecule is Cc1cc(C)c(S(=O)(=O)Nc2ncn(Cc3ccc(Cl)cc3)n2)c(C)c1. The highest BCUT2D eigenvalue weighted by Gasteiger charge is 2.21. The number of hydrogen-bond donors (Lipinski definition) is 1. The molecule has 0 saturated heterocycles. The smallest absolute Gasteiger partial charge is 0.246 e. The summed E-state index contributed by atoms with van der Waals surface area (Å²) >= 11 is 5.87. The quantitative estimate of drug-likeness (QED) is 0.720. The first-order chi connectivity index (χ1) is 12.2.